The second-order valence-corrected chi connectivity index (χ2v) is 23.6. The molecule has 1 aliphatic heterocycles. The summed E-state index contributed by atoms with van der Waals surface area (Å²) < 4.78 is 35.0. The van der Waals surface area contributed by atoms with Crippen molar-refractivity contribution in [1.29, 1.82) is 5.26 Å². The monoisotopic (exact) mass is 894 g/mol. The van der Waals surface area contributed by atoms with Crippen LogP contribution in [0.5, 0.6) is 0 Å². The van der Waals surface area contributed by atoms with E-state index in [2.05, 4.69) is 74.4 Å². The molecule has 0 spiro atoms. The first-order valence-electron chi connectivity index (χ1n) is 19.5. The van der Waals surface area contributed by atoms with Crippen LogP contribution in [0.15, 0.2) is 47.8 Å². The number of aromatic amines is 1. The summed E-state index contributed by atoms with van der Waals surface area (Å²) in [5, 5.41) is 24.6. The number of carbonyl (C=O) groups is 2. The maximum Gasteiger partial charge on any atom is 0.327 e. The van der Waals surface area contributed by atoms with Crippen molar-refractivity contribution in [1.82, 2.24) is 39.0 Å². The third kappa shape index (κ3) is 10.6. The number of nitrogens with zero attached hydrogens (tertiary/aromatic N) is 8. The van der Waals surface area contributed by atoms with Gasteiger partial charge in [-0.2, -0.15) is 10.2 Å². The van der Waals surface area contributed by atoms with Crippen molar-refractivity contribution in [2.75, 3.05) is 30.5 Å². The van der Waals surface area contributed by atoms with E-state index >= 15 is 0 Å². The van der Waals surface area contributed by atoms with E-state index in [1.807, 2.05) is 18.6 Å². The van der Waals surface area contributed by atoms with E-state index < -0.39 is 45.6 Å². The van der Waals surface area contributed by atoms with Gasteiger partial charge < -0.3 is 37.7 Å². The Morgan fingerprint density at radius 1 is 1.07 bits per heavy atom. The maximum atomic E-state index is 13.0. The number of fused-ring (bicyclic) bond motifs is 2. The fourth-order valence-corrected chi connectivity index (χ4v) is 8.93. The minimum atomic E-state index is -3.60. The molecule has 5 heterocycles. The summed E-state index contributed by atoms with van der Waals surface area (Å²) in [7, 11) is -2.41. The van der Waals surface area contributed by atoms with E-state index in [0.29, 0.717) is 16.7 Å². The predicted molar refractivity (Wildman–Crippen MR) is 230 cm³/mol. The van der Waals surface area contributed by atoms with Gasteiger partial charge in [-0.05, 0) is 42.1 Å². The molecule has 61 heavy (non-hydrogen) atoms. The van der Waals surface area contributed by atoms with Crippen LogP contribution >= 0.6 is 6.72 Å². The average molecular weight is 895 g/mol. The van der Waals surface area contributed by atoms with Gasteiger partial charge in [-0.15, -0.1) is 0 Å². The lowest BCUT2D eigenvalue weighted by Crippen LogP contribution is -2.46. The standard InChI is InChI=1S/C38H49N11O9PSSi/c1-23(2)34(51)46-37-45-33-30(36(53)47-37)43-27(19-50)48(33)15-17-55-59(60,54-16-11-14-39)56-20-26-25(58-61(6,7)38(3,4)5)18-28(57-26)49-22-42-29-31(40-21-41-32(29)49)44-35(52)24-12-9-8-10-13-24/h8-10,12-13,18,21-23,25-26,28,50H,11,15-17,19-20H2,1-7H3,(H,40,41,44,52)(H2,45,46,47,51,53)/t25-,26-,28-,59?/m1/s1. The van der Waals surface area contributed by atoms with E-state index in [4.69, 9.17) is 34.5 Å². The number of aliphatic hydroxyl groups is 1. The summed E-state index contributed by atoms with van der Waals surface area (Å²) in [6.45, 7) is 9.53. The Bertz CT molecular complexity index is 2520. The summed E-state index contributed by atoms with van der Waals surface area (Å²) in [5.41, 5.74) is 0.655. The number of nitriles is 1. The van der Waals surface area contributed by atoms with Crippen LogP contribution in [-0.2, 0) is 52.5 Å². The van der Waals surface area contributed by atoms with Gasteiger partial charge in [-0.3, -0.25) is 29.3 Å². The first-order chi connectivity index (χ1) is 28.9. The lowest BCUT2D eigenvalue weighted by atomic mass is 10.2. The molecule has 20 nitrogen and oxygen atoms in total. The number of imidazole rings is 2. The molecule has 5 aromatic rings. The molecule has 1 radical (unpaired) electrons. The van der Waals surface area contributed by atoms with Gasteiger partial charge in [-0.25, -0.2) is 19.9 Å². The zero-order valence-electron chi connectivity index (χ0n) is 34.8. The molecular formula is C38H49N11O9PSSi. The summed E-state index contributed by atoms with van der Waals surface area (Å²) in [5.74, 6) is -0.812. The molecule has 1 aliphatic rings. The Kier molecular flexibility index (Phi) is 14.3. The first-order valence-corrected chi connectivity index (χ1v) is 24.9. The van der Waals surface area contributed by atoms with Gasteiger partial charge in [0.25, 0.3) is 11.5 Å². The zero-order chi connectivity index (χ0) is 44.1. The third-order valence-corrected chi connectivity index (χ3v) is 17.1. The van der Waals surface area contributed by atoms with Crippen molar-refractivity contribution in [3.63, 3.8) is 0 Å². The zero-order valence-corrected chi connectivity index (χ0v) is 37.5. The molecule has 1 saturated heterocycles. The van der Waals surface area contributed by atoms with Gasteiger partial charge in [-0.1, -0.05) is 52.8 Å². The van der Waals surface area contributed by atoms with Crippen LogP contribution < -0.4 is 16.2 Å². The average Bonchev–Trinajstić information content (AvgIpc) is 3.93. The number of amides is 2. The van der Waals surface area contributed by atoms with E-state index in [1.165, 1.54) is 10.9 Å². The number of H-pyrrole nitrogens is 1. The molecule has 325 valence electrons. The smallest absolute Gasteiger partial charge is 0.327 e. The van der Waals surface area contributed by atoms with Gasteiger partial charge in [0.05, 0.1) is 44.7 Å². The second-order valence-electron chi connectivity index (χ2n) is 15.9. The van der Waals surface area contributed by atoms with Crippen LogP contribution in [0.3, 0.4) is 0 Å². The number of nitrogens with one attached hydrogen (secondary N) is 3. The molecule has 4 aromatic heterocycles. The van der Waals surface area contributed by atoms with E-state index in [1.54, 1.807) is 49.0 Å². The molecule has 0 aliphatic carbocycles. The molecular weight excluding hydrogens is 846 g/mol. The minimum Gasteiger partial charge on any atom is -0.411 e. The Morgan fingerprint density at radius 2 is 1.80 bits per heavy atom. The summed E-state index contributed by atoms with van der Waals surface area (Å²) >= 11 is 5.86. The van der Waals surface area contributed by atoms with Crippen LogP contribution in [-0.4, -0.2) is 96.3 Å². The molecule has 1 aromatic carbocycles. The van der Waals surface area contributed by atoms with Gasteiger partial charge in [0.1, 0.15) is 31.1 Å². The number of rotatable bonds is 18. The number of aromatic nitrogens is 8. The Balaban J connectivity index is 1.22. The number of aliphatic hydroxyl groups excluding tert-OH is 1. The molecule has 2 amide bonds. The number of ether oxygens (including phenoxy) is 1. The molecule has 6 rings (SSSR count). The normalized spacial score (nSPS) is 18.1. The van der Waals surface area contributed by atoms with Gasteiger partial charge in [0.15, 0.2) is 36.5 Å². The Morgan fingerprint density at radius 3 is 2.49 bits per heavy atom. The summed E-state index contributed by atoms with van der Waals surface area (Å²) in [6.07, 6.45) is 2.73. The van der Waals surface area contributed by atoms with E-state index in [0.717, 1.165) is 0 Å². The highest BCUT2D eigenvalue weighted by atomic mass is 32.5. The number of carbonyl (C=O) groups excluding carboxylic acids is 2. The molecule has 23 heteroatoms. The second kappa shape index (κ2) is 19.1. The lowest BCUT2D eigenvalue weighted by molar-refractivity contribution is -0.118. The topological polar surface area (TPSA) is 256 Å². The largest absolute Gasteiger partial charge is 0.411 e. The Hall–Kier alpha value is -4.82. The molecule has 4 N–H and O–H groups in total. The van der Waals surface area contributed by atoms with Crippen LogP contribution in [0.1, 0.15) is 63.4 Å². The van der Waals surface area contributed by atoms with Crippen molar-refractivity contribution in [2.45, 2.75) is 90.8 Å². The third-order valence-electron chi connectivity index (χ3n) is 10.2. The van der Waals surface area contributed by atoms with Crippen molar-refractivity contribution in [3.05, 3.63) is 71.1 Å². The fourth-order valence-electron chi connectivity index (χ4n) is 5.87. The first kappa shape index (κ1) is 45.7. The molecule has 0 saturated carbocycles. The van der Waals surface area contributed by atoms with Gasteiger partial charge >= 0.3 is 6.72 Å². The summed E-state index contributed by atoms with van der Waals surface area (Å²) in [4.78, 5) is 62.6. The van der Waals surface area contributed by atoms with Crippen LogP contribution in [0.2, 0.25) is 18.1 Å². The lowest BCUT2D eigenvalue weighted by Gasteiger charge is -2.39. The molecule has 1 unspecified atom stereocenters. The SMILES string of the molecule is CC(C)C(=O)Nc1nc2c(nc(CO)n2CCOP(=S)(OCCC#N)OC[C@H]2O[C@@H](n3cnc4c(NC(=O)c5ccccc5)ncnc43)[CH][C@H]2O[Si](C)(C)C(C)(C)C)c(=O)[nH]1. The van der Waals surface area contributed by atoms with Crippen molar-refractivity contribution in [2.24, 2.45) is 5.92 Å². The number of benzene rings is 1. The predicted octanol–water partition coefficient (Wildman–Crippen LogP) is 4.98. The van der Waals surface area contributed by atoms with Crippen molar-refractivity contribution < 1.29 is 37.4 Å². The highest BCUT2D eigenvalue weighted by Crippen LogP contribution is 2.51. The van der Waals surface area contributed by atoms with Crippen molar-refractivity contribution in [3.8, 4) is 6.07 Å². The fraction of sp³-hybridized carbons (Fsp3) is 0.474. The van der Waals surface area contributed by atoms with Crippen LogP contribution in [0.4, 0.5) is 11.8 Å². The van der Waals surface area contributed by atoms with Crippen LogP contribution in [0.25, 0.3) is 22.3 Å². The van der Waals surface area contributed by atoms with Gasteiger partial charge in [0, 0.05) is 24.4 Å². The van der Waals surface area contributed by atoms with Crippen LogP contribution in [0, 0.1) is 23.7 Å². The number of anilines is 2. The van der Waals surface area contributed by atoms with E-state index in [9.17, 15) is 24.8 Å². The number of hydrogen-bond donors (Lipinski definition) is 4. The van der Waals surface area contributed by atoms with Gasteiger partial charge in [0.2, 0.25) is 11.9 Å². The highest BCUT2D eigenvalue weighted by Gasteiger charge is 2.46. The molecule has 1 fully saturated rings. The minimum absolute atomic E-state index is 0.0000140. The quantitative estimate of drug-likeness (QED) is 0.0514. The van der Waals surface area contributed by atoms with E-state index in [-0.39, 0.29) is 84.3 Å². The highest BCUT2D eigenvalue weighted by molar-refractivity contribution is 8.07. The molecule has 4 atom stereocenters. The van der Waals surface area contributed by atoms with Crippen molar-refractivity contribution >= 4 is 72.8 Å². The Labute approximate surface area is 357 Å². The molecule has 0 bridgehead atoms. The summed E-state index contributed by atoms with van der Waals surface area (Å²) in [6, 6.07) is 10.8. The maximum absolute atomic E-state index is 13.0. The number of hydrogen-bond acceptors (Lipinski definition) is 16.